The van der Waals surface area contributed by atoms with Gasteiger partial charge in [-0.25, -0.2) is 4.98 Å². The van der Waals surface area contributed by atoms with Crippen molar-refractivity contribution in [1.29, 1.82) is 0 Å². The Morgan fingerprint density at radius 3 is 2.77 bits per heavy atom. The van der Waals surface area contributed by atoms with Gasteiger partial charge in [0.2, 0.25) is 0 Å². The van der Waals surface area contributed by atoms with Gasteiger partial charge in [-0.05, 0) is 38.3 Å². The van der Waals surface area contributed by atoms with Crippen molar-refractivity contribution in [2.45, 2.75) is 69.8 Å². The maximum Gasteiger partial charge on any atom is 0.365 e. The molecule has 0 bridgehead atoms. The number of fused-ring (bicyclic) bond motifs is 1. The van der Waals surface area contributed by atoms with E-state index in [1.807, 2.05) is 30.3 Å². The summed E-state index contributed by atoms with van der Waals surface area (Å²) in [5.41, 5.74) is 7.50. The Labute approximate surface area is 184 Å². The Balaban J connectivity index is 1.60. The van der Waals surface area contributed by atoms with E-state index < -0.39 is 6.17 Å². The number of nitrogens with one attached hydrogen (secondary N) is 1. The van der Waals surface area contributed by atoms with Crippen LogP contribution in [0.3, 0.4) is 0 Å². The highest BCUT2D eigenvalue weighted by Crippen LogP contribution is 2.28. The van der Waals surface area contributed by atoms with Gasteiger partial charge in [0.1, 0.15) is 17.5 Å². The van der Waals surface area contributed by atoms with Crippen molar-refractivity contribution < 1.29 is 9.84 Å². The molecule has 3 atom stereocenters. The van der Waals surface area contributed by atoms with Crippen LogP contribution in [0.5, 0.6) is 0 Å². The maximum atomic E-state index is 8.54. The fourth-order valence-electron chi connectivity index (χ4n) is 4.90. The molecule has 4 rings (SSSR count). The molecule has 31 heavy (non-hydrogen) atoms. The smallest absolute Gasteiger partial charge is 0.365 e. The summed E-state index contributed by atoms with van der Waals surface area (Å²) < 4.78 is 5.92. The summed E-state index contributed by atoms with van der Waals surface area (Å²) in [6.07, 6.45) is 7.18. The third-order valence-corrected chi connectivity index (χ3v) is 6.51. The molecule has 3 unspecified atom stereocenters. The number of nitrogens with zero attached hydrogens (tertiary/aromatic N) is 3. The number of rotatable bonds is 6. The lowest BCUT2D eigenvalue weighted by atomic mass is 9.92. The van der Waals surface area contributed by atoms with E-state index in [0.29, 0.717) is 12.1 Å². The number of methoxy groups -OCH3 is 1. The highest BCUT2D eigenvalue weighted by molar-refractivity contribution is 6.01. The number of benzene rings is 1. The van der Waals surface area contributed by atoms with Crippen LogP contribution in [0.2, 0.25) is 0 Å². The number of para-hydroxylation sites is 1. The number of aromatic nitrogens is 1. The second-order valence-electron chi connectivity index (χ2n) is 8.89. The number of anilines is 1. The largest absolute Gasteiger partial charge is 0.578 e. The predicted octanol–water partition coefficient (Wildman–Crippen LogP) is 2.53. The number of pyridine rings is 1. The van der Waals surface area contributed by atoms with Gasteiger partial charge in [-0.1, -0.05) is 37.5 Å². The van der Waals surface area contributed by atoms with E-state index in [2.05, 4.69) is 15.2 Å². The van der Waals surface area contributed by atoms with Gasteiger partial charge >= 0.3 is 5.90 Å². The molecule has 2 fully saturated rings. The minimum absolute atomic E-state index is 0.0800. The Bertz CT molecular complexity index is 910. The van der Waals surface area contributed by atoms with Gasteiger partial charge < -0.3 is 25.8 Å². The molecule has 5 N–H and O–H groups in total. The SMILES string of the molecule is COC1CN(c2nc3ccccc3cc2/C([OH2+])=N/C(C)N)CCC1NC1CCCCC1. The van der Waals surface area contributed by atoms with Crippen LogP contribution < -0.4 is 16.0 Å². The fourth-order valence-corrected chi connectivity index (χ4v) is 4.90. The summed E-state index contributed by atoms with van der Waals surface area (Å²) >= 11 is 0. The number of aliphatic imine (C=N–C) groups is 1. The zero-order valence-corrected chi connectivity index (χ0v) is 18.7. The average Bonchev–Trinajstić information content (AvgIpc) is 2.78. The lowest BCUT2D eigenvalue weighted by Gasteiger charge is -2.41. The topological polar surface area (TPSA) is 98.7 Å². The lowest BCUT2D eigenvalue weighted by molar-refractivity contribution is 0.0534. The molecular formula is C24H36N5O2+. The summed E-state index contributed by atoms with van der Waals surface area (Å²) in [6.45, 7) is 3.39. The number of hydrogen-bond donors (Lipinski definition) is 2. The highest BCUT2D eigenvalue weighted by Gasteiger charge is 2.33. The zero-order chi connectivity index (χ0) is 21.8. The quantitative estimate of drug-likeness (QED) is 0.420. The molecule has 1 aromatic carbocycles. The van der Waals surface area contributed by atoms with Crippen molar-refractivity contribution in [2.75, 3.05) is 25.1 Å². The van der Waals surface area contributed by atoms with Gasteiger partial charge in [-0.3, -0.25) is 0 Å². The van der Waals surface area contributed by atoms with Gasteiger partial charge in [0, 0.05) is 37.7 Å². The van der Waals surface area contributed by atoms with Gasteiger partial charge in [0.05, 0.1) is 11.6 Å². The van der Waals surface area contributed by atoms with Crippen molar-refractivity contribution in [3.8, 4) is 0 Å². The number of nitrogens with two attached hydrogens (primary N) is 1. The summed E-state index contributed by atoms with van der Waals surface area (Å²) in [5, 5.41) is 13.4. The first kappa shape index (κ1) is 22.0. The predicted molar refractivity (Wildman–Crippen MR) is 127 cm³/mol. The molecule has 0 amide bonds. The van der Waals surface area contributed by atoms with Crippen molar-refractivity contribution in [2.24, 2.45) is 10.7 Å². The molecule has 1 saturated carbocycles. The average molecular weight is 427 g/mol. The van der Waals surface area contributed by atoms with Gasteiger partial charge in [-0.2, -0.15) is 4.99 Å². The van der Waals surface area contributed by atoms with Crippen molar-refractivity contribution in [3.63, 3.8) is 0 Å². The van der Waals surface area contributed by atoms with Crippen molar-refractivity contribution in [3.05, 3.63) is 35.9 Å². The lowest BCUT2D eigenvalue weighted by Crippen LogP contribution is -2.56. The van der Waals surface area contributed by atoms with Crippen LogP contribution in [0.15, 0.2) is 35.3 Å². The monoisotopic (exact) mass is 426 g/mol. The normalized spacial score (nSPS) is 24.5. The van der Waals surface area contributed by atoms with Crippen LogP contribution in [0.1, 0.15) is 51.0 Å². The van der Waals surface area contributed by atoms with E-state index in [9.17, 15) is 0 Å². The molecule has 2 heterocycles. The van der Waals surface area contributed by atoms with Crippen LogP contribution in [-0.4, -0.2) is 60.5 Å². The van der Waals surface area contributed by atoms with Gasteiger partial charge in [-0.15, -0.1) is 0 Å². The number of piperidine rings is 1. The zero-order valence-electron chi connectivity index (χ0n) is 18.7. The minimum Gasteiger partial charge on any atom is -0.578 e. The highest BCUT2D eigenvalue weighted by atomic mass is 16.5. The third kappa shape index (κ3) is 5.17. The van der Waals surface area contributed by atoms with E-state index in [-0.39, 0.29) is 12.0 Å². The molecule has 7 heteroatoms. The molecular weight excluding hydrogens is 390 g/mol. The van der Waals surface area contributed by atoms with E-state index in [4.69, 9.17) is 20.6 Å². The first-order valence-corrected chi connectivity index (χ1v) is 11.5. The second kappa shape index (κ2) is 9.94. The van der Waals surface area contributed by atoms with Crippen LogP contribution >= 0.6 is 0 Å². The molecule has 7 nitrogen and oxygen atoms in total. The van der Waals surface area contributed by atoms with Crippen LogP contribution in [0.25, 0.3) is 10.9 Å². The van der Waals surface area contributed by atoms with Crippen molar-refractivity contribution >= 4 is 22.6 Å². The Kier molecular flexibility index (Phi) is 7.05. The summed E-state index contributed by atoms with van der Waals surface area (Å²) in [5.74, 6) is 0.978. The van der Waals surface area contributed by atoms with E-state index in [1.54, 1.807) is 14.0 Å². The second-order valence-corrected chi connectivity index (χ2v) is 8.89. The molecule has 1 aromatic heterocycles. The molecule has 1 aliphatic heterocycles. The summed E-state index contributed by atoms with van der Waals surface area (Å²) in [6, 6.07) is 11.0. The molecule has 2 aromatic rings. The molecule has 1 aliphatic carbocycles. The number of hydrogen-bond acceptors (Lipinski definition) is 6. The molecule has 2 aliphatic rings. The van der Waals surface area contributed by atoms with E-state index in [1.165, 1.54) is 32.1 Å². The third-order valence-electron chi connectivity index (χ3n) is 6.51. The molecule has 0 spiro atoms. The van der Waals surface area contributed by atoms with Gasteiger partial charge in [0.15, 0.2) is 0 Å². The van der Waals surface area contributed by atoms with E-state index >= 15 is 0 Å². The molecule has 1 saturated heterocycles. The number of ether oxygens (including phenoxy) is 1. The fraction of sp³-hybridized carbons (Fsp3) is 0.583. The van der Waals surface area contributed by atoms with Crippen LogP contribution in [0, 0.1) is 0 Å². The Morgan fingerprint density at radius 2 is 2.03 bits per heavy atom. The van der Waals surface area contributed by atoms with Crippen LogP contribution in [0.4, 0.5) is 5.82 Å². The summed E-state index contributed by atoms with van der Waals surface area (Å²) in [4.78, 5) is 11.5. The van der Waals surface area contributed by atoms with Gasteiger partial charge in [0.25, 0.3) is 0 Å². The molecule has 168 valence electrons. The Hall–Kier alpha value is -2.22. The standard InChI is InChI=1S/C24H35N5O2/c1-16(25)26-24(30)19-14-17-8-6-7-11-20(17)28-23(19)29-13-12-21(22(15-29)31-2)27-18-9-4-3-5-10-18/h6-8,11,14,16,18,21-22,27H,3-5,9-10,12-13,15,25H2,1-2H3,(H,26,30)/p+1. The Morgan fingerprint density at radius 1 is 1.26 bits per heavy atom. The van der Waals surface area contributed by atoms with Crippen molar-refractivity contribution in [1.82, 2.24) is 10.3 Å². The first-order valence-electron chi connectivity index (χ1n) is 11.5. The molecule has 0 radical (unpaired) electrons. The minimum atomic E-state index is -0.427. The first-order chi connectivity index (χ1) is 15.0. The van der Waals surface area contributed by atoms with Crippen LogP contribution in [-0.2, 0) is 4.74 Å². The summed E-state index contributed by atoms with van der Waals surface area (Å²) in [7, 11) is 1.80. The maximum absolute atomic E-state index is 8.54. The van der Waals surface area contributed by atoms with E-state index in [0.717, 1.165) is 41.8 Å².